The van der Waals surface area contributed by atoms with E-state index in [9.17, 15) is 4.79 Å². The molecule has 26 heavy (non-hydrogen) atoms. The largest absolute Gasteiger partial charge is 0.376 e. The van der Waals surface area contributed by atoms with Crippen molar-refractivity contribution in [3.05, 3.63) is 53.0 Å². The summed E-state index contributed by atoms with van der Waals surface area (Å²) >= 11 is 3.46. The van der Waals surface area contributed by atoms with Gasteiger partial charge in [0.1, 0.15) is 12.4 Å². The topological polar surface area (TPSA) is 56.2 Å². The molecule has 0 spiro atoms. The molecule has 6 heteroatoms. The zero-order valence-corrected chi connectivity index (χ0v) is 15.9. The zero-order chi connectivity index (χ0) is 17.9. The molecule has 5 nitrogen and oxygen atoms in total. The summed E-state index contributed by atoms with van der Waals surface area (Å²) in [5, 5.41) is 3.00. The van der Waals surface area contributed by atoms with Gasteiger partial charge in [-0.2, -0.15) is 0 Å². The highest BCUT2D eigenvalue weighted by Gasteiger charge is 2.18. The van der Waals surface area contributed by atoms with Gasteiger partial charge in [-0.3, -0.25) is 4.79 Å². The fourth-order valence-electron chi connectivity index (χ4n) is 3.29. The average Bonchev–Trinajstić information content (AvgIpc) is 3.29. The molecule has 1 unspecified atom stereocenters. The number of halogens is 1. The molecule has 3 aromatic rings. The summed E-state index contributed by atoms with van der Waals surface area (Å²) in [7, 11) is 0. The van der Waals surface area contributed by atoms with E-state index in [4.69, 9.17) is 9.72 Å². The predicted octanol–water partition coefficient (Wildman–Crippen LogP) is 3.76. The molecule has 4 rings (SSSR count). The lowest BCUT2D eigenvalue weighted by atomic mass is 10.2. The van der Waals surface area contributed by atoms with Gasteiger partial charge in [-0.25, -0.2) is 4.98 Å². The van der Waals surface area contributed by atoms with Crippen molar-refractivity contribution in [2.45, 2.75) is 25.5 Å². The molecule has 0 aliphatic carbocycles. The number of imidazole rings is 1. The molecule has 1 atom stereocenters. The van der Waals surface area contributed by atoms with Crippen molar-refractivity contribution in [3.63, 3.8) is 0 Å². The van der Waals surface area contributed by atoms with E-state index in [0.29, 0.717) is 6.54 Å². The van der Waals surface area contributed by atoms with Crippen LogP contribution >= 0.6 is 15.9 Å². The van der Waals surface area contributed by atoms with E-state index in [-0.39, 0.29) is 18.6 Å². The quantitative estimate of drug-likeness (QED) is 0.692. The van der Waals surface area contributed by atoms with Crippen LogP contribution in [0.4, 0.5) is 0 Å². The first-order valence-electron chi connectivity index (χ1n) is 8.80. The second-order valence-electron chi connectivity index (χ2n) is 6.46. The Morgan fingerprint density at radius 1 is 1.23 bits per heavy atom. The Labute approximate surface area is 160 Å². The van der Waals surface area contributed by atoms with Crippen LogP contribution in [0.2, 0.25) is 0 Å². The Kier molecular flexibility index (Phi) is 5.04. The number of hydrogen-bond acceptors (Lipinski definition) is 3. The summed E-state index contributed by atoms with van der Waals surface area (Å²) in [6, 6.07) is 15.9. The van der Waals surface area contributed by atoms with E-state index in [1.807, 2.05) is 53.1 Å². The molecule has 2 heterocycles. The first-order chi connectivity index (χ1) is 12.7. The van der Waals surface area contributed by atoms with Crippen molar-refractivity contribution in [1.82, 2.24) is 14.9 Å². The SMILES string of the molecule is O=C(Cn1c(-c2ccc(Br)cc2)nc2ccccc21)NCC1CCCO1. The minimum absolute atomic E-state index is 0.0259. The minimum atomic E-state index is -0.0259. The second kappa shape index (κ2) is 7.60. The third-order valence-corrected chi connectivity index (χ3v) is 5.14. The molecule has 1 aliphatic rings. The zero-order valence-electron chi connectivity index (χ0n) is 14.3. The van der Waals surface area contributed by atoms with E-state index in [2.05, 4.69) is 21.2 Å². The minimum Gasteiger partial charge on any atom is -0.376 e. The van der Waals surface area contributed by atoms with Crippen molar-refractivity contribution in [2.24, 2.45) is 0 Å². The normalized spacial score (nSPS) is 16.9. The highest BCUT2D eigenvalue weighted by atomic mass is 79.9. The lowest BCUT2D eigenvalue weighted by molar-refractivity contribution is -0.122. The van der Waals surface area contributed by atoms with Gasteiger partial charge in [0.15, 0.2) is 0 Å². The van der Waals surface area contributed by atoms with Gasteiger partial charge in [-0.1, -0.05) is 40.2 Å². The number of carbonyl (C=O) groups excluding carboxylic acids is 1. The number of carbonyl (C=O) groups is 1. The predicted molar refractivity (Wildman–Crippen MR) is 105 cm³/mol. The van der Waals surface area contributed by atoms with Crippen molar-refractivity contribution in [2.75, 3.05) is 13.2 Å². The van der Waals surface area contributed by atoms with Crippen LogP contribution in [0.5, 0.6) is 0 Å². The van der Waals surface area contributed by atoms with Gasteiger partial charge in [-0.05, 0) is 37.1 Å². The molecule has 1 fully saturated rings. The first-order valence-corrected chi connectivity index (χ1v) is 9.59. The average molecular weight is 414 g/mol. The van der Waals surface area contributed by atoms with E-state index in [0.717, 1.165) is 46.3 Å². The fourth-order valence-corrected chi connectivity index (χ4v) is 3.55. The summed E-state index contributed by atoms with van der Waals surface area (Å²) < 4.78 is 8.56. The van der Waals surface area contributed by atoms with Crippen molar-refractivity contribution in [1.29, 1.82) is 0 Å². The summed E-state index contributed by atoms with van der Waals surface area (Å²) in [5.41, 5.74) is 2.83. The van der Waals surface area contributed by atoms with E-state index in [1.165, 1.54) is 0 Å². The van der Waals surface area contributed by atoms with E-state index in [1.54, 1.807) is 0 Å². The monoisotopic (exact) mass is 413 g/mol. The molecule has 1 N–H and O–H groups in total. The molecule has 1 amide bonds. The van der Waals surface area contributed by atoms with Crippen LogP contribution in [0.15, 0.2) is 53.0 Å². The van der Waals surface area contributed by atoms with Crippen LogP contribution in [0.25, 0.3) is 22.4 Å². The number of fused-ring (bicyclic) bond motifs is 1. The number of hydrogen-bond donors (Lipinski definition) is 1. The fraction of sp³-hybridized carbons (Fsp3) is 0.300. The van der Waals surface area contributed by atoms with Gasteiger partial charge in [0, 0.05) is 23.2 Å². The van der Waals surface area contributed by atoms with E-state index < -0.39 is 0 Å². The summed E-state index contributed by atoms with van der Waals surface area (Å²) in [5.74, 6) is 0.771. The Morgan fingerprint density at radius 3 is 2.81 bits per heavy atom. The van der Waals surface area contributed by atoms with Gasteiger partial charge < -0.3 is 14.6 Å². The van der Waals surface area contributed by atoms with Crippen molar-refractivity contribution in [3.8, 4) is 11.4 Å². The number of ether oxygens (including phenoxy) is 1. The molecule has 0 saturated carbocycles. The van der Waals surface area contributed by atoms with Gasteiger partial charge in [0.25, 0.3) is 0 Å². The molecule has 134 valence electrons. The Bertz CT molecular complexity index is 914. The Hall–Kier alpha value is -2.18. The highest BCUT2D eigenvalue weighted by molar-refractivity contribution is 9.10. The number of amides is 1. The van der Waals surface area contributed by atoms with Gasteiger partial charge in [0.05, 0.1) is 17.1 Å². The maximum Gasteiger partial charge on any atom is 0.240 e. The first kappa shape index (κ1) is 17.2. The maximum atomic E-state index is 12.5. The highest BCUT2D eigenvalue weighted by Crippen LogP contribution is 2.26. The van der Waals surface area contributed by atoms with Gasteiger partial charge in [-0.15, -0.1) is 0 Å². The van der Waals surface area contributed by atoms with Gasteiger partial charge in [0.2, 0.25) is 5.91 Å². The number of nitrogens with one attached hydrogen (secondary N) is 1. The third kappa shape index (κ3) is 3.66. The lowest BCUT2D eigenvalue weighted by Crippen LogP contribution is -2.34. The Balaban J connectivity index is 1.60. The second-order valence-corrected chi connectivity index (χ2v) is 7.37. The van der Waals surface area contributed by atoms with Crippen LogP contribution in [0.1, 0.15) is 12.8 Å². The van der Waals surface area contributed by atoms with Crippen molar-refractivity contribution >= 4 is 32.9 Å². The van der Waals surface area contributed by atoms with Crippen LogP contribution in [-0.4, -0.2) is 34.7 Å². The molecule has 2 aromatic carbocycles. The van der Waals surface area contributed by atoms with Crippen LogP contribution < -0.4 is 5.32 Å². The summed E-state index contributed by atoms with van der Waals surface area (Å²) in [6.07, 6.45) is 2.23. The number of benzene rings is 2. The molecule has 1 aliphatic heterocycles. The van der Waals surface area contributed by atoms with Crippen LogP contribution in [-0.2, 0) is 16.1 Å². The Morgan fingerprint density at radius 2 is 2.04 bits per heavy atom. The van der Waals surface area contributed by atoms with E-state index >= 15 is 0 Å². The summed E-state index contributed by atoms with van der Waals surface area (Å²) in [6.45, 7) is 1.60. The molecular formula is C20H20BrN3O2. The van der Waals surface area contributed by atoms with Crippen LogP contribution in [0, 0.1) is 0 Å². The number of nitrogens with zero attached hydrogens (tertiary/aromatic N) is 2. The van der Waals surface area contributed by atoms with Crippen LogP contribution in [0.3, 0.4) is 0 Å². The standard InChI is InChI=1S/C20H20BrN3O2/c21-15-9-7-14(8-10-15)20-23-17-5-1-2-6-18(17)24(20)13-19(25)22-12-16-4-3-11-26-16/h1-2,5-10,16H,3-4,11-13H2,(H,22,25). The molecular weight excluding hydrogens is 394 g/mol. The number of aromatic nitrogens is 2. The smallest absolute Gasteiger partial charge is 0.240 e. The van der Waals surface area contributed by atoms with Gasteiger partial charge >= 0.3 is 0 Å². The number of rotatable bonds is 5. The molecule has 1 saturated heterocycles. The third-order valence-electron chi connectivity index (χ3n) is 4.61. The lowest BCUT2D eigenvalue weighted by Gasteiger charge is -2.13. The maximum absolute atomic E-state index is 12.5. The number of para-hydroxylation sites is 2. The van der Waals surface area contributed by atoms with Crippen molar-refractivity contribution < 1.29 is 9.53 Å². The summed E-state index contributed by atoms with van der Waals surface area (Å²) in [4.78, 5) is 17.3. The molecule has 0 radical (unpaired) electrons. The molecule has 1 aromatic heterocycles. The molecule has 0 bridgehead atoms.